The zero-order valence-corrected chi connectivity index (χ0v) is 13.1. The SMILES string of the molecule is CC(=O)OC[C@H](Cc1cccs1)NC(=O)OC(C)(C)C. The Kier molecular flexibility index (Phi) is 6.01. The third-order valence-corrected chi connectivity index (χ3v) is 3.14. The summed E-state index contributed by atoms with van der Waals surface area (Å²) in [6, 6.07) is 3.62. The van der Waals surface area contributed by atoms with Crippen molar-refractivity contribution < 1.29 is 19.1 Å². The molecule has 0 radical (unpaired) electrons. The molecule has 1 heterocycles. The fourth-order valence-electron chi connectivity index (χ4n) is 1.52. The minimum absolute atomic E-state index is 0.131. The van der Waals surface area contributed by atoms with Crippen LogP contribution in [-0.4, -0.2) is 30.3 Å². The van der Waals surface area contributed by atoms with Crippen LogP contribution in [0.1, 0.15) is 32.6 Å². The lowest BCUT2D eigenvalue weighted by molar-refractivity contribution is -0.141. The van der Waals surface area contributed by atoms with Gasteiger partial charge < -0.3 is 14.8 Å². The number of rotatable bonds is 5. The lowest BCUT2D eigenvalue weighted by atomic mass is 10.2. The second-order valence-corrected chi connectivity index (χ2v) is 6.46. The van der Waals surface area contributed by atoms with Gasteiger partial charge in [0, 0.05) is 18.2 Å². The Bertz CT molecular complexity index is 437. The van der Waals surface area contributed by atoms with Gasteiger partial charge in [0.1, 0.15) is 12.2 Å². The van der Waals surface area contributed by atoms with E-state index in [0.717, 1.165) is 4.88 Å². The van der Waals surface area contributed by atoms with Gasteiger partial charge in [-0.25, -0.2) is 4.79 Å². The van der Waals surface area contributed by atoms with E-state index in [1.807, 2.05) is 17.5 Å². The first-order valence-electron chi connectivity index (χ1n) is 6.41. The van der Waals surface area contributed by atoms with Gasteiger partial charge in [-0.05, 0) is 32.2 Å². The third kappa shape index (κ3) is 7.13. The molecule has 1 N–H and O–H groups in total. The molecule has 0 aliphatic rings. The quantitative estimate of drug-likeness (QED) is 0.849. The number of hydrogen-bond acceptors (Lipinski definition) is 5. The van der Waals surface area contributed by atoms with Crippen molar-refractivity contribution in [3.63, 3.8) is 0 Å². The predicted molar refractivity (Wildman–Crippen MR) is 77.8 cm³/mol. The lowest BCUT2D eigenvalue weighted by Gasteiger charge is -2.23. The van der Waals surface area contributed by atoms with Gasteiger partial charge >= 0.3 is 12.1 Å². The van der Waals surface area contributed by atoms with E-state index in [1.54, 1.807) is 32.1 Å². The van der Waals surface area contributed by atoms with Crippen molar-refractivity contribution in [1.82, 2.24) is 5.32 Å². The van der Waals surface area contributed by atoms with Gasteiger partial charge in [0.05, 0.1) is 6.04 Å². The summed E-state index contributed by atoms with van der Waals surface area (Å²) in [5, 5.41) is 4.70. The molecule has 0 spiro atoms. The molecule has 1 aromatic heterocycles. The van der Waals surface area contributed by atoms with E-state index >= 15 is 0 Å². The van der Waals surface area contributed by atoms with Crippen LogP contribution in [0.5, 0.6) is 0 Å². The average molecular weight is 299 g/mol. The molecule has 0 unspecified atom stereocenters. The van der Waals surface area contributed by atoms with Crippen molar-refractivity contribution in [3.05, 3.63) is 22.4 Å². The Hall–Kier alpha value is -1.56. The van der Waals surface area contributed by atoms with Crippen LogP contribution >= 0.6 is 11.3 Å². The first-order valence-corrected chi connectivity index (χ1v) is 7.29. The van der Waals surface area contributed by atoms with Crippen LogP contribution in [0.3, 0.4) is 0 Å². The van der Waals surface area contributed by atoms with Gasteiger partial charge in [-0.3, -0.25) is 4.79 Å². The molecule has 0 aliphatic heterocycles. The summed E-state index contributed by atoms with van der Waals surface area (Å²) in [6.07, 6.45) is 0.0932. The van der Waals surface area contributed by atoms with Gasteiger partial charge in [0.25, 0.3) is 0 Å². The summed E-state index contributed by atoms with van der Waals surface area (Å²) in [5.41, 5.74) is -0.557. The summed E-state index contributed by atoms with van der Waals surface area (Å²) in [7, 11) is 0. The second kappa shape index (κ2) is 7.28. The first kappa shape index (κ1) is 16.5. The van der Waals surface area contributed by atoms with Crippen LogP contribution in [0, 0.1) is 0 Å². The summed E-state index contributed by atoms with van der Waals surface area (Å²) in [5.74, 6) is -0.368. The van der Waals surface area contributed by atoms with Crippen LogP contribution in [0.2, 0.25) is 0 Å². The fourth-order valence-corrected chi connectivity index (χ4v) is 2.30. The molecule has 0 aromatic carbocycles. The zero-order chi connectivity index (χ0) is 15.2. The maximum Gasteiger partial charge on any atom is 0.408 e. The molecule has 1 aromatic rings. The zero-order valence-electron chi connectivity index (χ0n) is 12.3. The molecule has 0 fully saturated rings. The highest BCUT2D eigenvalue weighted by Gasteiger charge is 2.20. The third-order valence-electron chi connectivity index (χ3n) is 2.24. The Morgan fingerprint density at radius 2 is 2.10 bits per heavy atom. The van der Waals surface area contributed by atoms with Crippen molar-refractivity contribution in [3.8, 4) is 0 Å². The maximum atomic E-state index is 11.8. The van der Waals surface area contributed by atoms with Crippen molar-refractivity contribution in [1.29, 1.82) is 0 Å². The number of carbonyl (C=O) groups excluding carboxylic acids is 2. The number of amides is 1. The van der Waals surface area contributed by atoms with Crippen molar-refractivity contribution in [2.24, 2.45) is 0 Å². The summed E-state index contributed by atoms with van der Waals surface area (Å²) >= 11 is 1.59. The fraction of sp³-hybridized carbons (Fsp3) is 0.571. The average Bonchev–Trinajstić information content (AvgIpc) is 2.75. The molecular weight excluding hydrogens is 278 g/mol. The number of carbonyl (C=O) groups is 2. The molecule has 6 heteroatoms. The highest BCUT2D eigenvalue weighted by Crippen LogP contribution is 2.12. The highest BCUT2D eigenvalue weighted by atomic mass is 32.1. The van der Waals surface area contributed by atoms with Crippen LogP contribution in [0.4, 0.5) is 4.79 Å². The highest BCUT2D eigenvalue weighted by molar-refractivity contribution is 7.09. The van der Waals surface area contributed by atoms with Crippen LogP contribution in [0.25, 0.3) is 0 Å². The smallest absolute Gasteiger partial charge is 0.408 e. The van der Waals surface area contributed by atoms with E-state index < -0.39 is 11.7 Å². The lowest BCUT2D eigenvalue weighted by Crippen LogP contribution is -2.42. The Balaban J connectivity index is 2.57. The monoisotopic (exact) mass is 299 g/mol. The van der Waals surface area contributed by atoms with Gasteiger partial charge in [-0.15, -0.1) is 11.3 Å². The number of thiophene rings is 1. The predicted octanol–water partition coefficient (Wildman–Crippen LogP) is 2.75. The molecule has 1 amide bonds. The number of ether oxygens (including phenoxy) is 2. The van der Waals surface area contributed by atoms with E-state index in [9.17, 15) is 9.59 Å². The molecule has 1 atom stereocenters. The number of nitrogens with one attached hydrogen (secondary N) is 1. The summed E-state index contributed by atoms with van der Waals surface area (Å²) < 4.78 is 10.2. The summed E-state index contributed by atoms with van der Waals surface area (Å²) in [6.45, 7) is 6.87. The molecule has 0 saturated carbocycles. The topological polar surface area (TPSA) is 64.6 Å². The molecule has 0 bridgehead atoms. The van der Waals surface area contributed by atoms with E-state index in [4.69, 9.17) is 9.47 Å². The second-order valence-electron chi connectivity index (χ2n) is 5.43. The Morgan fingerprint density at radius 3 is 2.60 bits per heavy atom. The normalized spacial score (nSPS) is 12.6. The van der Waals surface area contributed by atoms with Gasteiger partial charge in [0.2, 0.25) is 0 Å². The van der Waals surface area contributed by atoms with E-state index in [2.05, 4.69) is 5.32 Å². The number of esters is 1. The standard InChI is InChI=1S/C14H21NO4S/c1-10(16)18-9-11(8-12-6-5-7-20-12)15-13(17)19-14(2,3)4/h5-7,11H,8-9H2,1-4H3,(H,15,17)/t11-/m0/s1. The molecule has 5 nitrogen and oxygen atoms in total. The minimum atomic E-state index is -0.557. The van der Waals surface area contributed by atoms with E-state index in [1.165, 1.54) is 6.92 Å². The van der Waals surface area contributed by atoms with Gasteiger partial charge in [-0.1, -0.05) is 6.07 Å². The molecule has 112 valence electrons. The molecular formula is C14H21NO4S. The van der Waals surface area contributed by atoms with Crippen LogP contribution in [-0.2, 0) is 20.7 Å². The largest absolute Gasteiger partial charge is 0.464 e. The van der Waals surface area contributed by atoms with E-state index in [0.29, 0.717) is 6.42 Å². The van der Waals surface area contributed by atoms with Gasteiger partial charge in [-0.2, -0.15) is 0 Å². The van der Waals surface area contributed by atoms with Crippen molar-refractivity contribution >= 4 is 23.4 Å². The Labute approximate surface area is 123 Å². The van der Waals surface area contributed by atoms with Gasteiger partial charge in [0.15, 0.2) is 0 Å². The van der Waals surface area contributed by atoms with Crippen molar-refractivity contribution in [2.75, 3.05) is 6.61 Å². The maximum absolute atomic E-state index is 11.8. The molecule has 0 aliphatic carbocycles. The number of alkyl carbamates (subject to hydrolysis) is 1. The molecule has 20 heavy (non-hydrogen) atoms. The van der Waals surface area contributed by atoms with E-state index in [-0.39, 0.29) is 18.6 Å². The number of hydrogen-bond donors (Lipinski definition) is 1. The van der Waals surface area contributed by atoms with Crippen LogP contribution in [0.15, 0.2) is 17.5 Å². The summed E-state index contributed by atoms with van der Waals surface area (Å²) in [4.78, 5) is 23.8. The minimum Gasteiger partial charge on any atom is -0.464 e. The molecule has 0 saturated heterocycles. The molecule has 1 rings (SSSR count). The Morgan fingerprint density at radius 1 is 1.40 bits per heavy atom. The van der Waals surface area contributed by atoms with Crippen molar-refractivity contribution in [2.45, 2.75) is 45.8 Å². The first-order chi connectivity index (χ1) is 9.26. The van der Waals surface area contributed by atoms with Crippen LogP contribution < -0.4 is 5.32 Å².